The molecule has 4 heteroatoms. The Kier molecular flexibility index (Phi) is 5.05. The Bertz CT molecular complexity index is 721. The maximum absolute atomic E-state index is 12.7. The summed E-state index contributed by atoms with van der Waals surface area (Å²) in [6, 6.07) is 12.1. The van der Waals surface area contributed by atoms with Gasteiger partial charge in [0.05, 0.1) is 19.7 Å². The van der Waals surface area contributed by atoms with Crippen molar-refractivity contribution >= 4 is 16.7 Å². The van der Waals surface area contributed by atoms with Crippen LogP contribution in [0.3, 0.4) is 0 Å². The van der Waals surface area contributed by atoms with Crippen LogP contribution in [0.25, 0.3) is 10.8 Å². The molecular weight excluding hydrogens is 300 g/mol. The third-order valence-corrected chi connectivity index (χ3v) is 4.98. The topological polar surface area (TPSA) is 55.6 Å². The van der Waals surface area contributed by atoms with Crippen molar-refractivity contribution in [3.8, 4) is 5.75 Å². The van der Waals surface area contributed by atoms with E-state index in [9.17, 15) is 4.79 Å². The van der Waals surface area contributed by atoms with Crippen LogP contribution in [-0.2, 0) is 11.3 Å². The molecule has 4 nitrogen and oxygen atoms in total. The highest BCUT2D eigenvalue weighted by atomic mass is 16.5. The molecule has 2 N–H and O–H groups in total. The summed E-state index contributed by atoms with van der Waals surface area (Å²) in [7, 11) is 1.68. The lowest BCUT2D eigenvalue weighted by Crippen LogP contribution is -2.46. The molecule has 0 aromatic heterocycles. The van der Waals surface area contributed by atoms with Crippen LogP contribution in [0.1, 0.15) is 38.2 Å². The first-order chi connectivity index (χ1) is 11.6. The molecule has 24 heavy (non-hydrogen) atoms. The molecule has 1 amide bonds. The number of nitrogens with zero attached hydrogens (tertiary/aromatic N) is 1. The van der Waals surface area contributed by atoms with E-state index in [0.717, 1.165) is 34.9 Å². The maximum Gasteiger partial charge on any atom is 0.239 e. The second-order valence-electron chi connectivity index (χ2n) is 6.66. The summed E-state index contributed by atoms with van der Waals surface area (Å²) in [6.07, 6.45) is 4.48. The normalized spacial score (nSPS) is 16.3. The van der Waals surface area contributed by atoms with Crippen LogP contribution >= 0.6 is 0 Å². The molecule has 0 aliphatic heterocycles. The zero-order valence-corrected chi connectivity index (χ0v) is 14.5. The average Bonchev–Trinajstić information content (AvgIpc) is 3.13. The first-order valence-corrected chi connectivity index (χ1v) is 8.72. The van der Waals surface area contributed by atoms with Crippen LogP contribution in [0.4, 0.5) is 0 Å². The average molecular weight is 326 g/mol. The van der Waals surface area contributed by atoms with E-state index in [-0.39, 0.29) is 11.9 Å². The molecule has 0 saturated heterocycles. The fourth-order valence-corrected chi connectivity index (χ4v) is 3.71. The van der Waals surface area contributed by atoms with Gasteiger partial charge >= 0.3 is 0 Å². The van der Waals surface area contributed by atoms with Crippen LogP contribution in [-0.4, -0.2) is 30.0 Å². The summed E-state index contributed by atoms with van der Waals surface area (Å²) in [6.45, 7) is 2.32. The third kappa shape index (κ3) is 3.24. The Morgan fingerprint density at radius 3 is 2.62 bits per heavy atom. The van der Waals surface area contributed by atoms with Crippen molar-refractivity contribution in [1.82, 2.24) is 4.90 Å². The van der Waals surface area contributed by atoms with Crippen molar-refractivity contribution < 1.29 is 9.53 Å². The van der Waals surface area contributed by atoms with Crippen LogP contribution in [0.5, 0.6) is 5.75 Å². The summed E-state index contributed by atoms with van der Waals surface area (Å²) < 4.78 is 5.59. The van der Waals surface area contributed by atoms with Crippen molar-refractivity contribution in [3.63, 3.8) is 0 Å². The van der Waals surface area contributed by atoms with Crippen molar-refractivity contribution in [3.05, 3.63) is 42.0 Å². The Balaban J connectivity index is 2.02. The standard InChI is InChI=1S/C20H26N2O2/c1-14(21)20(23)22(16-8-4-5-9-16)13-18-17-10-6-3-7-15(17)11-12-19(18)24-2/h3,6-7,10-12,14,16H,4-5,8-9,13,21H2,1-2H3/t14-/m0/s1. The highest BCUT2D eigenvalue weighted by molar-refractivity contribution is 5.88. The molecule has 0 heterocycles. The number of benzene rings is 2. The van der Waals surface area contributed by atoms with E-state index in [4.69, 9.17) is 10.5 Å². The zero-order valence-electron chi connectivity index (χ0n) is 14.5. The minimum absolute atomic E-state index is 0.0249. The van der Waals surface area contributed by atoms with E-state index in [0.29, 0.717) is 6.54 Å². The highest BCUT2D eigenvalue weighted by Gasteiger charge is 2.29. The molecule has 2 aromatic rings. The van der Waals surface area contributed by atoms with Gasteiger partial charge in [0.25, 0.3) is 0 Å². The fraction of sp³-hybridized carbons (Fsp3) is 0.450. The van der Waals surface area contributed by atoms with E-state index >= 15 is 0 Å². The van der Waals surface area contributed by atoms with Gasteiger partial charge in [0.1, 0.15) is 5.75 Å². The zero-order chi connectivity index (χ0) is 17.1. The lowest BCUT2D eigenvalue weighted by molar-refractivity contribution is -0.135. The molecule has 1 aliphatic carbocycles. The summed E-state index contributed by atoms with van der Waals surface area (Å²) in [5.74, 6) is 0.853. The van der Waals surface area contributed by atoms with Crippen LogP contribution < -0.4 is 10.5 Å². The minimum Gasteiger partial charge on any atom is -0.496 e. The molecule has 1 fully saturated rings. The van der Waals surface area contributed by atoms with Crippen molar-refractivity contribution in [2.45, 2.75) is 51.2 Å². The minimum atomic E-state index is -0.480. The van der Waals surface area contributed by atoms with E-state index in [1.54, 1.807) is 14.0 Å². The molecule has 2 aromatic carbocycles. The molecular formula is C20H26N2O2. The number of carbonyl (C=O) groups is 1. The molecule has 0 radical (unpaired) electrons. The monoisotopic (exact) mass is 326 g/mol. The fourth-order valence-electron chi connectivity index (χ4n) is 3.71. The molecule has 1 atom stereocenters. The molecule has 1 saturated carbocycles. The van der Waals surface area contributed by atoms with Gasteiger partial charge in [-0.05, 0) is 36.6 Å². The summed E-state index contributed by atoms with van der Waals surface area (Å²) >= 11 is 0. The first-order valence-electron chi connectivity index (χ1n) is 8.72. The molecule has 1 aliphatic rings. The Morgan fingerprint density at radius 1 is 1.25 bits per heavy atom. The van der Waals surface area contributed by atoms with E-state index in [1.165, 1.54) is 12.8 Å². The summed E-state index contributed by atoms with van der Waals surface area (Å²) in [5, 5.41) is 2.30. The number of fused-ring (bicyclic) bond motifs is 1. The van der Waals surface area contributed by atoms with Crippen LogP contribution in [0.2, 0.25) is 0 Å². The molecule has 0 spiro atoms. The van der Waals surface area contributed by atoms with Gasteiger partial charge in [-0.2, -0.15) is 0 Å². The molecule has 0 bridgehead atoms. The largest absolute Gasteiger partial charge is 0.496 e. The van der Waals surface area contributed by atoms with Gasteiger partial charge in [-0.15, -0.1) is 0 Å². The Hall–Kier alpha value is -2.07. The number of ether oxygens (including phenoxy) is 1. The second kappa shape index (κ2) is 7.22. The van der Waals surface area contributed by atoms with Crippen molar-refractivity contribution in [2.24, 2.45) is 5.73 Å². The number of amides is 1. The number of carbonyl (C=O) groups excluding carboxylic acids is 1. The number of methoxy groups -OCH3 is 1. The van der Waals surface area contributed by atoms with Gasteiger partial charge in [-0.1, -0.05) is 43.2 Å². The van der Waals surface area contributed by atoms with E-state index in [2.05, 4.69) is 18.2 Å². The van der Waals surface area contributed by atoms with Gasteiger partial charge in [0, 0.05) is 11.6 Å². The quantitative estimate of drug-likeness (QED) is 0.915. The predicted octanol–water partition coefficient (Wildman–Crippen LogP) is 3.47. The number of hydrogen-bond acceptors (Lipinski definition) is 3. The highest BCUT2D eigenvalue weighted by Crippen LogP contribution is 2.32. The van der Waals surface area contributed by atoms with Gasteiger partial charge < -0.3 is 15.4 Å². The van der Waals surface area contributed by atoms with Crippen LogP contribution in [0, 0.1) is 0 Å². The number of hydrogen-bond donors (Lipinski definition) is 1. The molecule has 3 rings (SSSR count). The van der Waals surface area contributed by atoms with Gasteiger partial charge in [0.15, 0.2) is 0 Å². The summed E-state index contributed by atoms with van der Waals surface area (Å²) in [5.41, 5.74) is 6.99. The van der Waals surface area contributed by atoms with E-state index < -0.39 is 6.04 Å². The molecule has 128 valence electrons. The number of nitrogens with two attached hydrogens (primary N) is 1. The van der Waals surface area contributed by atoms with Gasteiger partial charge in [-0.3, -0.25) is 4.79 Å². The summed E-state index contributed by atoms with van der Waals surface area (Å²) in [4.78, 5) is 14.7. The maximum atomic E-state index is 12.7. The Labute approximate surface area is 143 Å². The third-order valence-electron chi connectivity index (χ3n) is 4.98. The number of rotatable bonds is 5. The Morgan fingerprint density at radius 2 is 1.96 bits per heavy atom. The first kappa shape index (κ1) is 16.8. The van der Waals surface area contributed by atoms with Gasteiger partial charge in [0.2, 0.25) is 5.91 Å². The lowest BCUT2D eigenvalue weighted by atomic mass is 10.0. The molecule has 0 unspecified atom stereocenters. The predicted molar refractivity (Wildman–Crippen MR) is 97.0 cm³/mol. The lowest BCUT2D eigenvalue weighted by Gasteiger charge is -2.31. The van der Waals surface area contributed by atoms with E-state index in [1.807, 2.05) is 23.1 Å². The smallest absolute Gasteiger partial charge is 0.239 e. The SMILES string of the molecule is COc1ccc2ccccc2c1CN(C(=O)[C@H](C)N)C1CCCC1. The van der Waals surface area contributed by atoms with Crippen LogP contribution in [0.15, 0.2) is 36.4 Å². The second-order valence-corrected chi connectivity index (χ2v) is 6.66. The van der Waals surface area contributed by atoms with Crippen molar-refractivity contribution in [2.75, 3.05) is 7.11 Å². The van der Waals surface area contributed by atoms with Gasteiger partial charge in [-0.25, -0.2) is 0 Å². The van der Waals surface area contributed by atoms with Crippen molar-refractivity contribution in [1.29, 1.82) is 0 Å².